The molecule has 174 valence electrons. The van der Waals surface area contributed by atoms with Crippen molar-refractivity contribution in [3.8, 4) is 22.7 Å². The molecule has 0 atom stereocenters. The van der Waals surface area contributed by atoms with Gasteiger partial charge >= 0.3 is 6.09 Å². The minimum atomic E-state index is -0.400. The van der Waals surface area contributed by atoms with Gasteiger partial charge in [0, 0.05) is 28.6 Å². The fraction of sp³-hybridized carbons (Fsp3) is 0.107. The molecule has 7 heteroatoms. The normalized spacial score (nSPS) is 13.3. The van der Waals surface area contributed by atoms with Crippen LogP contribution in [0.15, 0.2) is 91.1 Å². The molecule has 1 aromatic heterocycles. The Kier molecular flexibility index (Phi) is 6.13. The SMILES string of the molecule is COc1ccc(-c2nn(-c3ccccc3)cc2C=CC(=O)c2cccc(N3CCOC3=O)c2)cc1. The number of ketones is 1. The number of methoxy groups -OCH3 is 1. The van der Waals surface area contributed by atoms with Crippen LogP contribution in [0.1, 0.15) is 15.9 Å². The topological polar surface area (TPSA) is 73.7 Å². The van der Waals surface area contributed by atoms with Gasteiger partial charge in [-0.2, -0.15) is 5.10 Å². The Morgan fingerprint density at radius 1 is 1.00 bits per heavy atom. The molecule has 4 aromatic rings. The first-order chi connectivity index (χ1) is 17.1. The van der Waals surface area contributed by atoms with Crippen LogP contribution >= 0.6 is 0 Å². The quantitative estimate of drug-likeness (QED) is 0.270. The highest BCUT2D eigenvalue weighted by Gasteiger charge is 2.24. The van der Waals surface area contributed by atoms with E-state index < -0.39 is 6.09 Å². The van der Waals surface area contributed by atoms with Crippen molar-refractivity contribution < 1.29 is 19.1 Å². The number of allylic oxidation sites excluding steroid dienone is 1. The summed E-state index contributed by atoms with van der Waals surface area (Å²) in [6.07, 6.45) is 4.80. The van der Waals surface area contributed by atoms with Crippen molar-refractivity contribution in [3.05, 3.63) is 102 Å². The predicted molar refractivity (Wildman–Crippen MR) is 134 cm³/mol. The van der Waals surface area contributed by atoms with E-state index in [1.54, 1.807) is 42.1 Å². The van der Waals surface area contributed by atoms with Gasteiger partial charge in [-0.1, -0.05) is 30.3 Å². The molecule has 35 heavy (non-hydrogen) atoms. The number of hydrogen-bond acceptors (Lipinski definition) is 5. The van der Waals surface area contributed by atoms with Gasteiger partial charge in [0.2, 0.25) is 0 Å². The lowest BCUT2D eigenvalue weighted by Crippen LogP contribution is -2.23. The number of benzene rings is 3. The number of carbonyl (C=O) groups excluding carboxylic acids is 2. The Hall–Kier alpha value is -4.65. The van der Waals surface area contributed by atoms with E-state index >= 15 is 0 Å². The molecule has 1 fully saturated rings. The lowest BCUT2D eigenvalue weighted by Gasteiger charge is -2.13. The number of anilines is 1. The third-order valence-electron chi connectivity index (χ3n) is 5.74. The zero-order valence-corrected chi connectivity index (χ0v) is 19.1. The van der Waals surface area contributed by atoms with E-state index in [0.717, 1.165) is 28.3 Å². The number of carbonyl (C=O) groups is 2. The summed E-state index contributed by atoms with van der Waals surface area (Å²) >= 11 is 0. The zero-order valence-electron chi connectivity index (χ0n) is 19.1. The molecule has 1 aliphatic heterocycles. The Morgan fingerprint density at radius 3 is 2.49 bits per heavy atom. The summed E-state index contributed by atoms with van der Waals surface area (Å²) in [6, 6.07) is 24.4. The maximum absolute atomic E-state index is 13.0. The van der Waals surface area contributed by atoms with Crippen molar-refractivity contribution in [2.75, 3.05) is 25.2 Å². The van der Waals surface area contributed by atoms with Crippen molar-refractivity contribution in [2.45, 2.75) is 0 Å². The van der Waals surface area contributed by atoms with Gasteiger partial charge < -0.3 is 9.47 Å². The number of rotatable bonds is 7. The Balaban J connectivity index is 1.46. The average molecular weight is 466 g/mol. The van der Waals surface area contributed by atoms with Gasteiger partial charge in [-0.3, -0.25) is 9.69 Å². The number of para-hydroxylation sites is 1. The first-order valence-electron chi connectivity index (χ1n) is 11.2. The lowest BCUT2D eigenvalue weighted by molar-refractivity contribution is 0.104. The molecule has 0 spiro atoms. The van der Waals surface area contributed by atoms with Gasteiger partial charge in [0.05, 0.1) is 25.0 Å². The molecule has 0 bridgehead atoms. The number of amides is 1. The first kappa shape index (κ1) is 22.2. The van der Waals surface area contributed by atoms with Gasteiger partial charge in [0.15, 0.2) is 5.78 Å². The highest BCUT2D eigenvalue weighted by molar-refractivity contribution is 6.08. The fourth-order valence-electron chi connectivity index (χ4n) is 3.91. The summed E-state index contributed by atoms with van der Waals surface area (Å²) in [5, 5.41) is 4.79. The summed E-state index contributed by atoms with van der Waals surface area (Å²) in [5.41, 5.74) is 4.49. The Bertz CT molecular complexity index is 1390. The molecule has 0 aliphatic carbocycles. The summed E-state index contributed by atoms with van der Waals surface area (Å²) in [4.78, 5) is 26.4. The highest BCUT2D eigenvalue weighted by Crippen LogP contribution is 2.27. The molecule has 0 unspecified atom stereocenters. The summed E-state index contributed by atoms with van der Waals surface area (Å²) in [6.45, 7) is 0.812. The van der Waals surface area contributed by atoms with E-state index in [1.165, 1.54) is 11.0 Å². The molecule has 5 rings (SSSR count). The molecule has 1 saturated heterocycles. The van der Waals surface area contributed by atoms with E-state index in [1.807, 2.05) is 60.8 Å². The molecule has 1 amide bonds. The highest BCUT2D eigenvalue weighted by atomic mass is 16.6. The number of hydrogen-bond donors (Lipinski definition) is 0. The van der Waals surface area contributed by atoms with Crippen LogP contribution in [0.4, 0.5) is 10.5 Å². The van der Waals surface area contributed by atoms with Crippen LogP contribution in [0.2, 0.25) is 0 Å². The first-order valence-corrected chi connectivity index (χ1v) is 11.2. The van der Waals surface area contributed by atoms with Crippen LogP contribution in [0.3, 0.4) is 0 Å². The summed E-state index contributed by atoms with van der Waals surface area (Å²) in [5.74, 6) is 0.581. The second-order valence-electron chi connectivity index (χ2n) is 7.96. The van der Waals surface area contributed by atoms with Crippen LogP contribution < -0.4 is 9.64 Å². The van der Waals surface area contributed by atoms with E-state index in [-0.39, 0.29) is 5.78 Å². The minimum Gasteiger partial charge on any atom is -0.497 e. The van der Waals surface area contributed by atoms with Crippen molar-refractivity contribution in [2.24, 2.45) is 0 Å². The Labute approximate surface area is 202 Å². The van der Waals surface area contributed by atoms with Gasteiger partial charge in [-0.05, 0) is 60.7 Å². The number of aromatic nitrogens is 2. The molecule has 1 aliphatic rings. The third kappa shape index (κ3) is 4.70. The van der Waals surface area contributed by atoms with Crippen molar-refractivity contribution >= 4 is 23.6 Å². The van der Waals surface area contributed by atoms with E-state index in [0.29, 0.717) is 24.4 Å². The fourth-order valence-corrected chi connectivity index (χ4v) is 3.91. The second kappa shape index (κ2) is 9.69. The van der Waals surface area contributed by atoms with E-state index in [2.05, 4.69) is 0 Å². The molecule has 2 heterocycles. The lowest BCUT2D eigenvalue weighted by atomic mass is 10.1. The van der Waals surface area contributed by atoms with E-state index in [4.69, 9.17) is 14.6 Å². The monoisotopic (exact) mass is 465 g/mol. The van der Waals surface area contributed by atoms with Gasteiger partial charge in [0.25, 0.3) is 0 Å². The maximum Gasteiger partial charge on any atom is 0.414 e. The molecule has 0 radical (unpaired) electrons. The zero-order chi connectivity index (χ0) is 24.2. The smallest absolute Gasteiger partial charge is 0.414 e. The van der Waals surface area contributed by atoms with E-state index in [9.17, 15) is 9.59 Å². The van der Waals surface area contributed by atoms with Gasteiger partial charge in [-0.15, -0.1) is 0 Å². The number of ether oxygens (including phenoxy) is 2. The summed E-state index contributed by atoms with van der Waals surface area (Å²) < 4.78 is 12.1. The number of cyclic esters (lactones) is 1. The minimum absolute atomic E-state index is 0.174. The third-order valence-corrected chi connectivity index (χ3v) is 5.74. The maximum atomic E-state index is 13.0. The predicted octanol–water partition coefficient (Wildman–Crippen LogP) is 5.40. The van der Waals surface area contributed by atoms with Gasteiger partial charge in [0.1, 0.15) is 12.4 Å². The molecular formula is C28H23N3O4. The van der Waals surface area contributed by atoms with Crippen LogP contribution in [0.25, 0.3) is 23.0 Å². The molecule has 7 nitrogen and oxygen atoms in total. The molecule has 0 saturated carbocycles. The summed E-state index contributed by atoms with van der Waals surface area (Å²) in [7, 11) is 1.63. The van der Waals surface area contributed by atoms with Crippen molar-refractivity contribution in [1.82, 2.24) is 9.78 Å². The second-order valence-corrected chi connectivity index (χ2v) is 7.96. The number of nitrogens with zero attached hydrogens (tertiary/aromatic N) is 3. The van der Waals surface area contributed by atoms with Crippen LogP contribution in [-0.2, 0) is 4.74 Å². The molecule has 0 N–H and O–H groups in total. The van der Waals surface area contributed by atoms with Gasteiger partial charge in [-0.25, -0.2) is 9.48 Å². The molecule has 3 aromatic carbocycles. The van der Waals surface area contributed by atoms with Crippen molar-refractivity contribution in [3.63, 3.8) is 0 Å². The van der Waals surface area contributed by atoms with Crippen LogP contribution in [0.5, 0.6) is 5.75 Å². The van der Waals surface area contributed by atoms with Crippen molar-refractivity contribution in [1.29, 1.82) is 0 Å². The molecular weight excluding hydrogens is 442 g/mol. The average Bonchev–Trinajstić information content (AvgIpc) is 3.54. The standard InChI is InChI=1S/C28H23N3O4/c1-34-25-13-10-20(11-14-25)27-22(19-31(29-27)23-7-3-2-4-8-23)12-15-26(32)21-6-5-9-24(18-21)30-16-17-35-28(30)33/h2-15,18-19H,16-17H2,1H3. The largest absolute Gasteiger partial charge is 0.497 e. The van der Waals surface area contributed by atoms with Crippen LogP contribution in [-0.4, -0.2) is 41.9 Å². The Morgan fingerprint density at radius 2 is 1.77 bits per heavy atom. The van der Waals surface area contributed by atoms with Crippen LogP contribution in [0, 0.1) is 0 Å².